The zero-order valence-corrected chi connectivity index (χ0v) is 13.0. The number of aromatic nitrogens is 2. The summed E-state index contributed by atoms with van der Waals surface area (Å²) in [6.07, 6.45) is -0.591. The van der Waals surface area contributed by atoms with E-state index >= 15 is 0 Å². The lowest BCUT2D eigenvalue weighted by molar-refractivity contribution is 0.196. The molecule has 2 aromatic carbocycles. The van der Waals surface area contributed by atoms with Crippen LogP contribution in [-0.2, 0) is 7.05 Å². The zero-order chi connectivity index (χ0) is 15.4. The Morgan fingerprint density at radius 3 is 2.59 bits per heavy atom. The van der Waals surface area contributed by atoms with Gasteiger partial charge in [0.05, 0.1) is 17.3 Å². The van der Waals surface area contributed by atoms with Crippen LogP contribution in [0.5, 0.6) is 0 Å². The maximum Gasteiger partial charge on any atom is 0.141 e. The molecule has 110 valence electrons. The van der Waals surface area contributed by atoms with Crippen molar-refractivity contribution in [1.82, 2.24) is 9.55 Å². The number of hydrogen-bond donors (Lipinski definition) is 1. The Balaban J connectivity index is 2.34. The van der Waals surface area contributed by atoms with E-state index in [-0.39, 0.29) is 0 Å². The first kappa shape index (κ1) is 13.3. The van der Waals surface area contributed by atoms with Gasteiger partial charge in [-0.05, 0) is 31.4 Å². The lowest BCUT2D eigenvalue weighted by Gasteiger charge is -2.11. The van der Waals surface area contributed by atoms with Crippen molar-refractivity contribution in [1.29, 1.82) is 0 Å². The Labute approximate surface area is 128 Å². The van der Waals surface area contributed by atoms with Gasteiger partial charge in [0.25, 0.3) is 0 Å². The summed E-state index contributed by atoms with van der Waals surface area (Å²) in [7, 11) is 2.03. The van der Waals surface area contributed by atoms with Crippen LogP contribution in [0.4, 0.5) is 0 Å². The van der Waals surface area contributed by atoms with Crippen LogP contribution in [0.1, 0.15) is 24.3 Å². The molecule has 1 N–H and O–H groups in total. The number of pyridine rings is 1. The van der Waals surface area contributed by atoms with Gasteiger partial charge in [-0.1, -0.05) is 35.9 Å². The molecule has 2 aromatic heterocycles. The summed E-state index contributed by atoms with van der Waals surface area (Å²) in [6, 6.07) is 14.7. The first-order valence-corrected chi connectivity index (χ1v) is 7.53. The third-order valence-corrected chi connectivity index (χ3v) is 4.42. The molecule has 3 heteroatoms. The van der Waals surface area contributed by atoms with Gasteiger partial charge in [-0.2, -0.15) is 0 Å². The van der Waals surface area contributed by atoms with E-state index in [0.29, 0.717) is 0 Å². The summed E-state index contributed by atoms with van der Waals surface area (Å²) in [4.78, 5) is 4.79. The number of nitrogens with zero attached hydrogens (tertiary/aromatic N) is 2. The highest BCUT2D eigenvalue weighted by Gasteiger charge is 2.17. The Morgan fingerprint density at radius 1 is 1.05 bits per heavy atom. The van der Waals surface area contributed by atoms with Crippen molar-refractivity contribution in [3.05, 3.63) is 53.7 Å². The molecular formula is C19H18N2O. The standard InChI is InChI=1S/C19H18N2O/c1-11-8-9-13-15(10-11)18(12(2)22)20-19-17(13)14-6-4-5-7-16(14)21(19)3/h4-10,12,22H,1-3H3. The molecule has 2 heterocycles. The number of aliphatic hydroxyl groups is 1. The number of para-hydroxylation sites is 1. The van der Waals surface area contributed by atoms with Crippen molar-refractivity contribution >= 4 is 32.7 Å². The van der Waals surface area contributed by atoms with Crippen molar-refractivity contribution in [3.8, 4) is 0 Å². The van der Waals surface area contributed by atoms with Crippen molar-refractivity contribution in [2.75, 3.05) is 0 Å². The Morgan fingerprint density at radius 2 is 1.82 bits per heavy atom. The van der Waals surface area contributed by atoms with Gasteiger partial charge >= 0.3 is 0 Å². The van der Waals surface area contributed by atoms with Gasteiger partial charge in [0.15, 0.2) is 0 Å². The van der Waals surface area contributed by atoms with Crippen LogP contribution in [0, 0.1) is 6.92 Å². The maximum atomic E-state index is 10.2. The largest absolute Gasteiger partial charge is 0.387 e. The average molecular weight is 290 g/mol. The Bertz CT molecular complexity index is 1030. The first-order valence-electron chi connectivity index (χ1n) is 7.53. The van der Waals surface area contributed by atoms with Gasteiger partial charge < -0.3 is 9.67 Å². The van der Waals surface area contributed by atoms with Crippen molar-refractivity contribution in [2.45, 2.75) is 20.0 Å². The van der Waals surface area contributed by atoms with Crippen LogP contribution in [0.3, 0.4) is 0 Å². The summed E-state index contributed by atoms with van der Waals surface area (Å²) in [5.74, 6) is 0. The maximum absolute atomic E-state index is 10.2. The number of hydrogen-bond acceptors (Lipinski definition) is 2. The highest BCUT2D eigenvalue weighted by molar-refractivity contribution is 6.19. The molecule has 1 atom stereocenters. The molecule has 0 fully saturated rings. The lowest BCUT2D eigenvalue weighted by atomic mass is 10.0. The minimum Gasteiger partial charge on any atom is -0.387 e. The molecule has 0 aliphatic rings. The van der Waals surface area contributed by atoms with Crippen molar-refractivity contribution < 1.29 is 5.11 Å². The minimum atomic E-state index is -0.591. The lowest BCUT2D eigenvalue weighted by Crippen LogP contribution is -2.00. The summed E-state index contributed by atoms with van der Waals surface area (Å²) in [5.41, 5.74) is 4.01. The third-order valence-electron chi connectivity index (χ3n) is 4.42. The molecule has 0 saturated heterocycles. The van der Waals surface area contributed by atoms with E-state index in [2.05, 4.69) is 47.9 Å². The zero-order valence-electron chi connectivity index (χ0n) is 13.0. The summed E-state index contributed by atoms with van der Waals surface area (Å²) < 4.78 is 2.11. The molecular weight excluding hydrogens is 272 g/mol. The second-order valence-electron chi connectivity index (χ2n) is 6.00. The molecule has 0 spiro atoms. The number of rotatable bonds is 1. The molecule has 0 saturated carbocycles. The van der Waals surface area contributed by atoms with E-state index in [9.17, 15) is 5.11 Å². The quantitative estimate of drug-likeness (QED) is 0.569. The molecule has 22 heavy (non-hydrogen) atoms. The monoisotopic (exact) mass is 290 g/mol. The van der Waals surface area contributed by atoms with Crippen LogP contribution < -0.4 is 0 Å². The van der Waals surface area contributed by atoms with Crippen molar-refractivity contribution in [3.63, 3.8) is 0 Å². The molecule has 0 amide bonds. The van der Waals surface area contributed by atoms with Crippen LogP contribution >= 0.6 is 0 Å². The van der Waals surface area contributed by atoms with Gasteiger partial charge in [-0.15, -0.1) is 0 Å². The smallest absolute Gasteiger partial charge is 0.141 e. The highest BCUT2D eigenvalue weighted by Crippen LogP contribution is 2.36. The van der Waals surface area contributed by atoms with E-state index in [0.717, 1.165) is 33.0 Å². The minimum absolute atomic E-state index is 0.591. The molecule has 0 aliphatic carbocycles. The number of benzene rings is 2. The molecule has 1 unspecified atom stereocenters. The van der Waals surface area contributed by atoms with Gasteiger partial charge in [-0.25, -0.2) is 4.98 Å². The molecule has 0 radical (unpaired) electrons. The second kappa shape index (κ2) is 4.55. The average Bonchev–Trinajstić information content (AvgIpc) is 2.80. The third kappa shape index (κ3) is 1.69. The predicted molar refractivity (Wildman–Crippen MR) is 91.1 cm³/mol. The van der Waals surface area contributed by atoms with Crippen molar-refractivity contribution in [2.24, 2.45) is 7.05 Å². The van der Waals surface area contributed by atoms with Gasteiger partial charge in [0.2, 0.25) is 0 Å². The fraction of sp³-hybridized carbons (Fsp3) is 0.211. The van der Waals surface area contributed by atoms with Crippen LogP contribution in [0.25, 0.3) is 32.7 Å². The molecule has 3 nitrogen and oxygen atoms in total. The first-order chi connectivity index (χ1) is 10.6. The molecule has 0 aliphatic heterocycles. The summed E-state index contributed by atoms with van der Waals surface area (Å²) in [6.45, 7) is 3.84. The topological polar surface area (TPSA) is 38.1 Å². The van der Waals surface area contributed by atoms with Gasteiger partial charge in [0.1, 0.15) is 5.65 Å². The summed E-state index contributed by atoms with van der Waals surface area (Å²) in [5, 5.41) is 14.7. The highest BCUT2D eigenvalue weighted by atomic mass is 16.3. The molecule has 4 aromatic rings. The van der Waals surface area contributed by atoms with E-state index in [1.165, 1.54) is 10.9 Å². The molecule has 4 rings (SSSR count). The van der Waals surface area contributed by atoms with E-state index in [1.54, 1.807) is 6.92 Å². The molecule has 0 bridgehead atoms. The summed E-state index contributed by atoms with van der Waals surface area (Å²) >= 11 is 0. The Hall–Kier alpha value is -2.39. The van der Waals surface area contributed by atoms with Gasteiger partial charge in [-0.3, -0.25) is 0 Å². The van der Waals surface area contributed by atoms with E-state index in [4.69, 9.17) is 4.98 Å². The normalized spacial score (nSPS) is 13.3. The van der Waals surface area contributed by atoms with Gasteiger partial charge in [0, 0.05) is 23.2 Å². The fourth-order valence-electron chi connectivity index (χ4n) is 3.36. The number of aliphatic hydroxyl groups excluding tert-OH is 1. The predicted octanol–water partition coefficient (Wildman–Crippen LogP) is 4.24. The Kier molecular flexibility index (Phi) is 2.75. The number of aryl methyl sites for hydroxylation is 2. The second-order valence-corrected chi connectivity index (χ2v) is 6.00. The SMILES string of the molecule is Cc1ccc2c(c1)c(C(C)O)nc1c2c2ccccc2n1C. The van der Waals surface area contributed by atoms with Crippen LogP contribution in [0.2, 0.25) is 0 Å². The van der Waals surface area contributed by atoms with Crippen LogP contribution in [-0.4, -0.2) is 14.7 Å². The van der Waals surface area contributed by atoms with Crippen LogP contribution in [0.15, 0.2) is 42.5 Å². The van der Waals surface area contributed by atoms with E-state index < -0.39 is 6.10 Å². The fourth-order valence-corrected chi connectivity index (χ4v) is 3.36. The number of fused-ring (bicyclic) bond motifs is 5. The van der Waals surface area contributed by atoms with E-state index in [1.807, 2.05) is 13.1 Å².